The van der Waals surface area contributed by atoms with Crippen LogP contribution in [0.5, 0.6) is 0 Å². The highest BCUT2D eigenvalue weighted by atomic mass is 32.2. The summed E-state index contributed by atoms with van der Waals surface area (Å²) in [6.07, 6.45) is 9.71. The number of benzene rings is 9. The highest BCUT2D eigenvalue weighted by Gasteiger charge is 2.48. The number of imidazole rings is 3. The van der Waals surface area contributed by atoms with Crippen molar-refractivity contribution in [3.05, 3.63) is 245 Å². The number of H-pyrrole nitrogens is 3. The van der Waals surface area contributed by atoms with Gasteiger partial charge in [0.25, 0.3) is 29.5 Å². The summed E-state index contributed by atoms with van der Waals surface area (Å²) >= 11 is 0. The van der Waals surface area contributed by atoms with E-state index in [0.717, 1.165) is 86.3 Å². The number of halogens is 9. The molecular weight excluding hydrogens is 1360 g/mol. The van der Waals surface area contributed by atoms with E-state index in [1.807, 2.05) is 97.1 Å². The fraction of sp³-hybridized carbons (Fsp3) is 0.0714. The molecule has 0 radical (unpaired) electrons. The molecule has 0 aliphatic carbocycles. The maximum absolute atomic E-state index is 12.7. The van der Waals surface area contributed by atoms with Crippen molar-refractivity contribution in [1.82, 2.24) is 29.9 Å². The number of nitrogens with one attached hydrogen (secondary N) is 4. The van der Waals surface area contributed by atoms with Crippen molar-refractivity contribution in [3.8, 4) is 33.4 Å². The average molecular weight is 1420 g/mol. The van der Waals surface area contributed by atoms with Crippen molar-refractivity contribution < 1.29 is 79.5 Å². The van der Waals surface area contributed by atoms with Crippen molar-refractivity contribution in [2.24, 2.45) is 5.73 Å². The topological polar surface area (TPSA) is 281 Å². The van der Waals surface area contributed by atoms with E-state index in [-0.39, 0.29) is 12.5 Å². The van der Waals surface area contributed by atoms with Gasteiger partial charge in [-0.3, -0.25) is 9.59 Å². The second-order valence-corrected chi connectivity index (χ2v) is 27.4. The number of rotatable bonds is 15. The zero-order chi connectivity index (χ0) is 71.2. The third-order valence-corrected chi connectivity index (χ3v) is 19.3. The van der Waals surface area contributed by atoms with Gasteiger partial charge in [0.05, 0.1) is 54.4 Å². The summed E-state index contributed by atoms with van der Waals surface area (Å²) in [4.78, 5) is 43.6. The molecule has 0 aliphatic heterocycles. The Morgan fingerprint density at radius 1 is 0.434 bits per heavy atom. The summed E-state index contributed by atoms with van der Waals surface area (Å²) in [5.74, 6) is 0.811. The van der Waals surface area contributed by atoms with Crippen LogP contribution in [0.4, 0.5) is 45.2 Å². The Kier molecular flexibility index (Phi) is 20.3. The molecule has 0 saturated carbocycles. The van der Waals surface area contributed by atoms with Crippen molar-refractivity contribution >= 4 is 117 Å². The first kappa shape index (κ1) is 70.5. The van der Waals surface area contributed by atoms with Crippen LogP contribution in [0, 0.1) is 0 Å². The SMILES string of the molecule is CC(=O)Nc1ccccc1-c1ccc2nc(/C=C/c3ccc(S(=O)(=O)C(F)(F)F)cc3)[nH]c2c1.NC(=O)c1ccccc1-c1ccc2nc(/C=C/c3ccc(S(=O)(=O)C(F)(F)F)cc3)[nH]c2c1.O=S(=O)(c1ccc(/C=C/c2nc3ccc(-c4ccccc4CO)cc3[nH]2)cc1)C(F)(F)F. The molecule has 0 fully saturated rings. The Morgan fingerprint density at radius 2 is 0.758 bits per heavy atom. The Morgan fingerprint density at radius 3 is 1.11 bits per heavy atom. The van der Waals surface area contributed by atoms with Gasteiger partial charge in [-0.05, 0) is 153 Å². The fourth-order valence-corrected chi connectivity index (χ4v) is 12.2. The van der Waals surface area contributed by atoms with Crippen LogP contribution in [0.1, 0.15) is 57.0 Å². The number of hydrogen-bond acceptors (Lipinski definition) is 12. The van der Waals surface area contributed by atoms with Crippen LogP contribution in [0.2, 0.25) is 0 Å². The van der Waals surface area contributed by atoms with E-state index in [0.29, 0.717) is 67.5 Å². The van der Waals surface area contributed by atoms with Gasteiger partial charge in [0.1, 0.15) is 17.5 Å². The number of aliphatic hydroxyl groups excluding tert-OH is 1. The van der Waals surface area contributed by atoms with Gasteiger partial charge in [0.15, 0.2) is 0 Å². The third kappa shape index (κ3) is 16.1. The first-order valence-electron chi connectivity index (χ1n) is 29.0. The lowest BCUT2D eigenvalue weighted by Gasteiger charge is -2.09. The van der Waals surface area contributed by atoms with Crippen LogP contribution in [-0.4, -0.2) is 88.6 Å². The lowest BCUT2D eigenvalue weighted by atomic mass is 9.99. The van der Waals surface area contributed by atoms with Gasteiger partial charge in [-0.15, -0.1) is 0 Å². The molecule has 506 valence electrons. The molecule has 2 amide bonds. The summed E-state index contributed by atoms with van der Waals surface area (Å²) in [5.41, 5.74) is 2.18. The van der Waals surface area contributed by atoms with E-state index in [2.05, 4.69) is 35.2 Å². The van der Waals surface area contributed by atoms with E-state index in [1.165, 1.54) is 43.3 Å². The van der Waals surface area contributed by atoms with Crippen molar-refractivity contribution in [2.45, 2.75) is 44.7 Å². The van der Waals surface area contributed by atoms with Crippen molar-refractivity contribution in [1.29, 1.82) is 0 Å². The molecule has 0 atom stereocenters. The molecule has 3 aromatic heterocycles. The number of nitrogens with zero attached hydrogens (tertiary/aromatic N) is 3. The standard InChI is InChI=1S/C24H18F3N3O3S.C23H16F3N3O3S.C23H17F3N2O3S/c1-15(31)28-20-5-3-2-4-19(20)17-9-12-21-22(14-17)30-23(29-21)13-8-16-6-10-18(11-7-16)34(32,33)24(25,26)27;24-23(25,26)33(31,32)16-9-5-14(6-10-16)7-12-21-28-19-11-8-15(13-20(19)29-21)17-3-1-2-4-18(17)22(27)30;24-23(25,26)32(30,31)18-9-5-15(6-10-18)7-12-22-27-20-11-8-16(13-21(20)28-22)19-4-2-1-3-17(19)14-29/h2-14H,1H3,(H,28,31)(H,29,30);1-13H,(H2,27,30)(H,28,29);1-13,29H,14H2,(H,27,28)/b13-8+;2*12-7+. The summed E-state index contributed by atoms with van der Waals surface area (Å²) in [7, 11) is -16.1. The highest BCUT2D eigenvalue weighted by Crippen LogP contribution is 2.36. The minimum Gasteiger partial charge on any atom is -0.392 e. The molecule has 0 saturated heterocycles. The molecule has 0 aliphatic rings. The normalized spacial score (nSPS) is 12.5. The number of nitrogens with two attached hydrogens (primary N) is 1. The predicted molar refractivity (Wildman–Crippen MR) is 359 cm³/mol. The maximum Gasteiger partial charge on any atom is 0.501 e. The molecule has 0 spiro atoms. The Bertz CT molecular complexity index is 5480. The van der Waals surface area contributed by atoms with Crippen LogP contribution in [0.25, 0.3) is 103 Å². The summed E-state index contributed by atoms with van der Waals surface area (Å²) in [5, 5.41) is 12.4. The zero-order valence-electron chi connectivity index (χ0n) is 51.0. The number of primary amides is 1. The number of anilines is 1. The molecule has 9 aromatic carbocycles. The fourth-order valence-electron chi connectivity index (χ4n) is 9.95. The molecule has 17 nitrogen and oxygen atoms in total. The molecule has 12 aromatic rings. The molecule has 7 N–H and O–H groups in total. The number of amides is 2. The van der Waals surface area contributed by atoms with E-state index in [1.54, 1.807) is 66.8 Å². The lowest BCUT2D eigenvalue weighted by molar-refractivity contribution is -0.114. The minimum atomic E-state index is -5.38. The smallest absolute Gasteiger partial charge is 0.392 e. The monoisotopic (exact) mass is 1410 g/mol. The highest BCUT2D eigenvalue weighted by molar-refractivity contribution is 7.92. The van der Waals surface area contributed by atoms with Gasteiger partial charge in [-0.1, -0.05) is 133 Å². The van der Waals surface area contributed by atoms with Crippen LogP contribution in [-0.2, 0) is 40.9 Å². The first-order valence-corrected chi connectivity index (χ1v) is 33.5. The molecular formula is C70H51F9N8O9S3. The molecule has 12 rings (SSSR count). The number of hydrogen-bond donors (Lipinski definition) is 6. The number of alkyl halides is 9. The zero-order valence-corrected chi connectivity index (χ0v) is 53.4. The second-order valence-electron chi connectivity index (χ2n) is 21.6. The molecule has 3 heterocycles. The Balaban J connectivity index is 0.000000161. The molecule has 0 unspecified atom stereocenters. The number of fused-ring (bicyclic) bond motifs is 3. The minimum absolute atomic E-state index is 0.0752. The summed E-state index contributed by atoms with van der Waals surface area (Å²) in [6, 6.07) is 51.8. The number of para-hydroxylation sites is 1. The van der Waals surface area contributed by atoms with Gasteiger partial charge in [-0.2, -0.15) is 39.5 Å². The van der Waals surface area contributed by atoms with Gasteiger partial charge in [-0.25, -0.2) is 40.2 Å². The van der Waals surface area contributed by atoms with Crippen molar-refractivity contribution in [3.63, 3.8) is 0 Å². The number of aromatic nitrogens is 6. The van der Waals surface area contributed by atoms with Gasteiger partial charge >= 0.3 is 16.5 Å². The first-order chi connectivity index (χ1) is 46.8. The Hall–Kier alpha value is -11.3. The van der Waals surface area contributed by atoms with Crippen molar-refractivity contribution in [2.75, 3.05) is 5.32 Å². The molecule has 99 heavy (non-hydrogen) atoms. The number of aromatic amines is 3. The van der Waals surface area contributed by atoms with Crippen LogP contribution < -0.4 is 11.1 Å². The second kappa shape index (κ2) is 28.4. The maximum atomic E-state index is 12.7. The number of aliphatic hydroxyl groups is 1. The van der Waals surface area contributed by atoms with E-state index in [9.17, 15) is 79.5 Å². The van der Waals surface area contributed by atoms with E-state index < -0.39 is 66.6 Å². The number of sulfone groups is 3. The molecule has 0 bridgehead atoms. The largest absolute Gasteiger partial charge is 0.501 e. The van der Waals surface area contributed by atoms with Crippen LogP contribution >= 0.6 is 0 Å². The third-order valence-electron chi connectivity index (χ3n) is 14.8. The van der Waals surface area contributed by atoms with E-state index in [4.69, 9.17) is 5.73 Å². The summed E-state index contributed by atoms with van der Waals surface area (Å²) < 4.78 is 183. The molecule has 29 heteroatoms. The number of carbonyl (C=O) groups is 2. The van der Waals surface area contributed by atoms with Crippen LogP contribution in [0.15, 0.2) is 215 Å². The van der Waals surface area contributed by atoms with Gasteiger partial charge < -0.3 is 31.1 Å². The van der Waals surface area contributed by atoms with E-state index >= 15 is 0 Å². The predicted octanol–water partition coefficient (Wildman–Crippen LogP) is 15.6. The average Bonchev–Trinajstić information content (AvgIpc) is 1.72. The lowest BCUT2D eigenvalue weighted by Crippen LogP contribution is -2.23. The van der Waals surface area contributed by atoms with Gasteiger partial charge in [0, 0.05) is 23.7 Å². The van der Waals surface area contributed by atoms with Crippen LogP contribution in [0.3, 0.4) is 0 Å². The van der Waals surface area contributed by atoms with Gasteiger partial charge in [0.2, 0.25) is 11.8 Å². The number of carbonyl (C=O) groups excluding carboxylic acids is 2. The Labute approximate surface area is 557 Å². The quantitative estimate of drug-likeness (QED) is 0.0523. The summed E-state index contributed by atoms with van der Waals surface area (Å²) in [6.45, 7) is 1.37.